The number of ketones is 1. The molecule has 0 saturated carbocycles. The molecule has 0 N–H and O–H groups in total. The zero-order valence-corrected chi connectivity index (χ0v) is 19.2. The van der Waals surface area contributed by atoms with Crippen molar-refractivity contribution < 1.29 is 14.3 Å². The van der Waals surface area contributed by atoms with E-state index in [-0.39, 0.29) is 5.78 Å². The average Bonchev–Trinajstić information content (AvgIpc) is 2.77. The second-order valence-corrected chi connectivity index (χ2v) is 9.32. The van der Waals surface area contributed by atoms with Crippen LogP contribution in [0.5, 0.6) is 11.5 Å². The molecule has 0 radical (unpaired) electrons. The van der Waals surface area contributed by atoms with Crippen LogP contribution in [-0.4, -0.2) is 62.9 Å². The van der Waals surface area contributed by atoms with Crippen LogP contribution >= 0.6 is 11.8 Å². The predicted molar refractivity (Wildman–Crippen MR) is 125 cm³/mol. The van der Waals surface area contributed by atoms with Crippen molar-refractivity contribution in [2.45, 2.75) is 30.4 Å². The van der Waals surface area contributed by atoms with Gasteiger partial charge in [-0.25, -0.2) is 0 Å². The van der Waals surface area contributed by atoms with Crippen LogP contribution in [0, 0.1) is 0 Å². The molecule has 6 heteroatoms. The molecule has 0 amide bonds. The van der Waals surface area contributed by atoms with Crippen molar-refractivity contribution in [3.8, 4) is 11.5 Å². The van der Waals surface area contributed by atoms with E-state index in [1.54, 1.807) is 26.4 Å². The molecule has 5 nitrogen and oxygen atoms in total. The van der Waals surface area contributed by atoms with Gasteiger partial charge in [0.1, 0.15) is 0 Å². The maximum absolute atomic E-state index is 12.7. The number of carbonyl (C=O) groups is 1. The first kappa shape index (κ1) is 22.5. The number of carbonyl (C=O) groups excluding carboxylic acids is 1. The van der Waals surface area contributed by atoms with E-state index in [2.05, 4.69) is 47.9 Å². The fraction of sp³-hybridized carbons (Fsp3) is 0.458. The minimum atomic E-state index is 0.136. The Hall–Kier alpha value is -2.18. The fourth-order valence-electron chi connectivity index (χ4n) is 3.70. The van der Waals surface area contributed by atoms with Crippen molar-refractivity contribution >= 4 is 23.2 Å². The van der Waals surface area contributed by atoms with Crippen LogP contribution in [0.25, 0.3) is 0 Å². The van der Waals surface area contributed by atoms with Gasteiger partial charge in [0.15, 0.2) is 17.3 Å². The van der Waals surface area contributed by atoms with Crippen LogP contribution in [0.3, 0.4) is 0 Å². The standard InChI is InChI=1S/C24H32N2O3S/c1-18(2)30-24-8-6-5-7-20(24)26-15-13-25(14-16-26)12-11-21(27)19-9-10-22(28-3)23(17-19)29-4/h5-10,17-18H,11-16H2,1-4H3. The zero-order valence-electron chi connectivity index (χ0n) is 18.4. The van der Waals surface area contributed by atoms with Crippen molar-refractivity contribution in [1.82, 2.24) is 4.90 Å². The Labute approximate surface area is 184 Å². The number of benzene rings is 2. The second-order valence-electron chi connectivity index (χ2n) is 7.71. The Bertz CT molecular complexity index is 848. The van der Waals surface area contributed by atoms with Crippen LogP contribution < -0.4 is 14.4 Å². The lowest BCUT2D eigenvalue weighted by molar-refractivity contribution is 0.0962. The molecule has 30 heavy (non-hydrogen) atoms. The molecule has 1 aliphatic heterocycles. The van der Waals surface area contributed by atoms with E-state index < -0.39 is 0 Å². The van der Waals surface area contributed by atoms with Gasteiger partial charge in [0.25, 0.3) is 0 Å². The highest BCUT2D eigenvalue weighted by Gasteiger charge is 2.20. The summed E-state index contributed by atoms with van der Waals surface area (Å²) < 4.78 is 10.6. The van der Waals surface area contributed by atoms with E-state index in [1.807, 2.05) is 17.8 Å². The number of para-hydroxylation sites is 1. The second kappa shape index (κ2) is 10.7. The van der Waals surface area contributed by atoms with Crippen LogP contribution in [0.2, 0.25) is 0 Å². The van der Waals surface area contributed by atoms with Crippen LogP contribution in [0.1, 0.15) is 30.6 Å². The number of methoxy groups -OCH3 is 2. The molecule has 0 aromatic heterocycles. The minimum Gasteiger partial charge on any atom is -0.493 e. The zero-order chi connectivity index (χ0) is 21.5. The van der Waals surface area contributed by atoms with Crippen LogP contribution in [0.15, 0.2) is 47.4 Å². The first-order valence-corrected chi connectivity index (χ1v) is 11.4. The molecule has 0 unspecified atom stereocenters. The number of anilines is 1. The topological polar surface area (TPSA) is 42.0 Å². The quantitative estimate of drug-likeness (QED) is 0.430. The normalized spacial score (nSPS) is 14.8. The molecule has 1 fully saturated rings. The molecule has 162 valence electrons. The van der Waals surface area contributed by atoms with Crippen molar-refractivity contribution in [2.24, 2.45) is 0 Å². The minimum absolute atomic E-state index is 0.136. The van der Waals surface area contributed by atoms with Gasteiger partial charge in [-0.1, -0.05) is 26.0 Å². The van der Waals surface area contributed by atoms with Gasteiger partial charge in [0.05, 0.1) is 19.9 Å². The molecule has 1 saturated heterocycles. The number of ether oxygens (including phenoxy) is 2. The first-order chi connectivity index (χ1) is 14.5. The Morgan fingerprint density at radius 2 is 1.70 bits per heavy atom. The van der Waals surface area contributed by atoms with Crippen molar-refractivity contribution in [3.63, 3.8) is 0 Å². The molecule has 3 rings (SSSR count). The maximum Gasteiger partial charge on any atom is 0.164 e. The third-order valence-electron chi connectivity index (χ3n) is 5.30. The molecular formula is C24H32N2O3S. The van der Waals surface area contributed by atoms with E-state index in [4.69, 9.17) is 9.47 Å². The number of rotatable bonds is 9. The van der Waals surface area contributed by atoms with Gasteiger partial charge < -0.3 is 14.4 Å². The summed E-state index contributed by atoms with van der Waals surface area (Å²) in [6.45, 7) is 9.16. The average molecular weight is 429 g/mol. The summed E-state index contributed by atoms with van der Waals surface area (Å²) in [4.78, 5) is 18.9. The molecule has 2 aromatic carbocycles. The highest BCUT2D eigenvalue weighted by atomic mass is 32.2. The van der Waals surface area contributed by atoms with Gasteiger partial charge >= 0.3 is 0 Å². The lowest BCUT2D eigenvalue weighted by Crippen LogP contribution is -2.47. The van der Waals surface area contributed by atoms with Gasteiger partial charge in [0.2, 0.25) is 0 Å². The number of hydrogen-bond acceptors (Lipinski definition) is 6. The van der Waals surface area contributed by atoms with Crippen molar-refractivity contribution in [1.29, 1.82) is 0 Å². The Morgan fingerprint density at radius 1 is 1.00 bits per heavy atom. The van der Waals surface area contributed by atoms with Gasteiger partial charge in [-0.3, -0.25) is 9.69 Å². The van der Waals surface area contributed by atoms with Crippen LogP contribution in [0.4, 0.5) is 5.69 Å². The van der Waals surface area contributed by atoms with Gasteiger partial charge in [0, 0.05) is 54.9 Å². The molecule has 0 spiro atoms. The smallest absolute Gasteiger partial charge is 0.164 e. The Kier molecular flexibility index (Phi) is 8.05. The van der Waals surface area contributed by atoms with Gasteiger partial charge in [-0.05, 0) is 30.3 Å². The largest absolute Gasteiger partial charge is 0.493 e. The monoisotopic (exact) mass is 428 g/mol. The molecule has 1 heterocycles. The van der Waals surface area contributed by atoms with Gasteiger partial charge in [-0.2, -0.15) is 0 Å². The maximum atomic E-state index is 12.7. The molecular weight excluding hydrogens is 396 g/mol. The summed E-state index contributed by atoms with van der Waals surface area (Å²) in [6, 6.07) is 14.0. The summed E-state index contributed by atoms with van der Waals surface area (Å²) in [7, 11) is 3.18. The first-order valence-electron chi connectivity index (χ1n) is 10.5. The van der Waals surface area contributed by atoms with Gasteiger partial charge in [-0.15, -0.1) is 11.8 Å². The van der Waals surface area contributed by atoms with Crippen LogP contribution in [-0.2, 0) is 0 Å². The van der Waals surface area contributed by atoms with E-state index in [9.17, 15) is 4.79 Å². The summed E-state index contributed by atoms with van der Waals surface area (Å²) in [5.74, 6) is 1.37. The summed E-state index contributed by atoms with van der Waals surface area (Å²) in [5.41, 5.74) is 2.00. The molecule has 0 aliphatic carbocycles. The van der Waals surface area contributed by atoms with E-state index in [1.165, 1.54) is 10.6 Å². The fourth-order valence-corrected chi connectivity index (χ4v) is 4.68. The summed E-state index contributed by atoms with van der Waals surface area (Å²) in [6.07, 6.45) is 0.509. The third-order valence-corrected chi connectivity index (χ3v) is 6.37. The van der Waals surface area contributed by atoms with E-state index in [0.29, 0.717) is 28.7 Å². The number of thioether (sulfide) groups is 1. The highest BCUT2D eigenvalue weighted by Crippen LogP contribution is 2.33. The molecule has 2 aromatic rings. The lowest BCUT2D eigenvalue weighted by atomic mass is 10.1. The molecule has 0 bridgehead atoms. The number of nitrogens with zero attached hydrogens (tertiary/aromatic N) is 2. The van der Waals surface area contributed by atoms with Crippen molar-refractivity contribution in [2.75, 3.05) is 51.8 Å². The number of Topliss-reactive ketones (excluding diaryl/α,β-unsaturated/α-hetero) is 1. The Balaban J connectivity index is 1.53. The highest BCUT2D eigenvalue weighted by molar-refractivity contribution is 8.00. The predicted octanol–water partition coefficient (Wildman–Crippen LogP) is 4.60. The lowest BCUT2D eigenvalue weighted by Gasteiger charge is -2.37. The summed E-state index contributed by atoms with van der Waals surface area (Å²) in [5, 5.41) is 0.565. The van der Waals surface area contributed by atoms with Crippen molar-refractivity contribution in [3.05, 3.63) is 48.0 Å². The number of hydrogen-bond donors (Lipinski definition) is 0. The molecule has 0 atom stereocenters. The van der Waals surface area contributed by atoms with E-state index in [0.717, 1.165) is 32.7 Å². The molecule has 1 aliphatic rings. The third kappa shape index (κ3) is 5.70. The van der Waals surface area contributed by atoms with E-state index >= 15 is 0 Å². The summed E-state index contributed by atoms with van der Waals surface area (Å²) >= 11 is 1.92. The number of piperazine rings is 1. The Morgan fingerprint density at radius 3 is 2.37 bits per heavy atom. The SMILES string of the molecule is COc1ccc(C(=O)CCN2CCN(c3ccccc3SC(C)C)CC2)cc1OC.